The molecule has 0 bridgehead atoms. The number of rotatable bonds is 0. The summed E-state index contributed by atoms with van der Waals surface area (Å²) in [5.74, 6) is -0.832. The molecule has 0 aromatic heterocycles. The van der Waals surface area contributed by atoms with Crippen molar-refractivity contribution in [2.45, 2.75) is 0 Å². The zero-order valence-electron chi connectivity index (χ0n) is 8.80. The van der Waals surface area contributed by atoms with Gasteiger partial charge in [0.05, 0.1) is 0 Å². The molecule has 83 valence electrons. The first kappa shape index (κ1) is 9.84. The van der Waals surface area contributed by atoms with Crippen LogP contribution in [0.15, 0.2) is 30.3 Å². The molecular weight excluding hydrogens is 218 g/mol. The first-order valence-corrected chi connectivity index (χ1v) is 5.05. The standard InChI is InChI=1S/C13H8NO3/c1-14-12(16)8-4-2-3-7-10(15)6-5-9(11(7)8)13(14)17/h2-6,15H,1H2. The lowest BCUT2D eigenvalue weighted by Gasteiger charge is -2.23. The lowest BCUT2D eigenvalue weighted by atomic mass is 9.94. The average molecular weight is 226 g/mol. The van der Waals surface area contributed by atoms with E-state index in [4.69, 9.17) is 0 Å². The maximum atomic E-state index is 11.9. The zero-order valence-corrected chi connectivity index (χ0v) is 8.80. The van der Waals surface area contributed by atoms with Crippen molar-refractivity contribution < 1.29 is 14.7 Å². The molecule has 0 saturated carbocycles. The molecule has 1 heterocycles. The number of amides is 2. The van der Waals surface area contributed by atoms with Crippen LogP contribution in [0.25, 0.3) is 10.8 Å². The van der Waals surface area contributed by atoms with Gasteiger partial charge in [0.1, 0.15) is 5.75 Å². The minimum atomic E-state index is -0.446. The Morgan fingerprint density at radius 3 is 2.35 bits per heavy atom. The van der Waals surface area contributed by atoms with Gasteiger partial charge >= 0.3 is 0 Å². The van der Waals surface area contributed by atoms with E-state index in [1.54, 1.807) is 18.2 Å². The van der Waals surface area contributed by atoms with Crippen molar-refractivity contribution in [3.8, 4) is 5.75 Å². The molecule has 0 unspecified atom stereocenters. The van der Waals surface area contributed by atoms with Crippen LogP contribution < -0.4 is 0 Å². The van der Waals surface area contributed by atoms with Crippen LogP contribution in [-0.4, -0.2) is 21.8 Å². The largest absolute Gasteiger partial charge is 0.507 e. The van der Waals surface area contributed by atoms with Gasteiger partial charge in [0.2, 0.25) is 0 Å². The molecular formula is C13H8NO3. The van der Waals surface area contributed by atoms with Crippen LogP contribution in [0.4, 0.5) is 0 Å². The molecule has 4 nitrogen and oxygen atoms in total. The molecule has 0 spiro atoms. The molecule has 0 atom stereocenters. The fourth-order valence-electron chi connectivity index (χ4n) is 2.13. The van der Waals surface area contributed by atoms with Gasteiger partial charge in [0.15, 0.2) is 0 Å². The smallest absolute Gasteiger partial charge is 0.261 e. The lowest BCUT2D eigenvalue weighted by molar-refractivity contribution is 0.0675. The summed E-state index contributed by atoms with van der Waals surface area (Å²) < 4.78 is 0. The van der Waals surface area contributed by atoms with Gasteiger partial charge in [0.25, 0.3) is 11.8 Å². The Hall–Kier alpha value is -2.36. The number of hydrogen-bond donors (Lipinski definition) is 1. The molecule has 1 radical (unpaired) electrons. The Balaban J connectivity index is 2.54. The van der Waals surface area contributed by atoms with Crippen molar-refractivity contribution in [2.24, 2.45) is 0 Å². The molecule has 2 aromatic rings. The first-order chi connectivity index (χ1) is 8.11. The number of benzene rings is 2. The Morgan fingerprint density at radius 2 is 1.65 bits per heavy atom. The Labute approximate surface area is 97.1 Å². The third-order valence-electron chi connectivity index (χ3n) is 2.97. The number of aromatic hydroxyl groups is 1. The maximum Gasteiger partial charge on any atom is 0.261 e. The Bertz CT molecular complexity index is 653. The average Bonchev–Trinajstić information content (AvgIpc) is 2.35. The summed E-state index contributed by atoms with van der Waals surface area (Å²) in [7, 11) is 3.44. The monoisotopic (exact) mass is 226 g/mol. The molecule has 4 heteroatoms. The van der Waals surface area contributed by atoms with Crippen molar-refractivity contribution >= 4 is 22.6 Å². The second-order valence-corrected chi connectivity index (χ2v) is 3.90. The normalized spacial score (nSPS) is 14.5. The molecule has 17 heavy (non-hydrogen) atoms. The SMILES string of the molecule is [CH2]N1C(=O)c2cccc3c(O)ccc(c23)C1=O. The van der Waals surface area contributed by atoms with Crippen LogP contribution in [0.5, 0.6) is 5.75 Å². The van der Waals surface area contributed by atoms with Crippen LogP contribution in [0, 0.1) is 7.05 Å². The lowest BCUT2D eigenvalue weighted by Crippen LogP contribution is -2.35. The Morgan fingerprint density at radius 1 is 1.00 bits per heavy atom. The van der Waals surface area contributed by atoms with Gasteiger partial charge in [-0.15, -0.1) is 0 Å². The molecule has 1 aliphatic rings. The molecule has 1 N–H and O–H groups in total. The third kappa shape index (κ3) is 1.12. The molecule has 1 aliphatic heterocycles. The number of phenols is 1. The van der Waals surface area contributed by atoms with E-state index in [0.29, 0.717) is 21.9 Å². The van der Waals surface area contributed by atoms with Crippen LogP contribution >= 0.6 is 0 Å². The minimum absolute atomic E-state index is 0.0590. The Kier molecular flexibility index (Phi) is 1.78. The number of carbonyl (C=O) groups excluding carboxylic acids is 2. The van der Waals surface area contributed by atoms with E-state index in [9.17, 15) is 14.7 Å². The van der Waals surface area contributed by atoms with Crippen molar-refractivity contribution in [2.75, 3.05) is 0 Å². The van der Waals surface area contributed by atoms with Gasteiger partial charge in [-0.3, -0.25) is 14.5 Å². The quantitative estimate of drug-likeness (QED) is 0.698. The van der Waals surface area contributed by atoms with Gasteiger partial charge < -0.3 is 5.11 Å². The third-order valence-corrected chi connectivity index (χ3v) is 2.97. The number of hydrogen-bond acceptors (Lipinski definition) is 3. The summed E-state index contributed by atoms with van der Waals surface area (Å²) in [4.78, 5) is 24.6. The summed E-state index contributed by atoms with van der Waals surface area (Å²) in [6.07, 6.45) is 0. The molecule has 3 rings (SSSR count). The molecule has 2 amide bonds. The summed E-state index contributed by atoms with van der Waals surface area (Å²) in [5, 5.41) is 10.7. The number of carbonyl (C=O) groups is 2. The van der Waals surface area contributed by atoms with E-state index < -0.39 is 11.8 Å². The van der Waals surface area contributed by atoms with E-state index >= 15 is 0 Å². The van der Waals surface area contributed by atoms with Gasteiger partial charge in [-0.25, -0.2) is 0 Å². The number of imide groups is 1. The molecule has 2 aromatic carbocycles. The highest BCUT2D eigenvalue weighted by Crippen LogP contribution is 2.34. The number of nitrogens with zero attached hydrogens (tertiary/aromatic N) is 1. The van der Waals surface area contributed by atoms with Gasteiger partial charge in [-0.1, -0.05) is 12.1 Å². The summed E-state index contributed by atoms with van der Waals surface area (Å²) in [6.45, 7) is 0. The predicted octanol–water partition coefficient (Wildman–Crippen LogP) is 1.93. The molecule has 0 fully saturated rings. The van der Waals surface area contributed by atoms with E-state index in [0.717, 1.165) is 4.90 Å². The van der Waals surface area contributed by atoms with Crippen molar-refractivity contribution in [3.05, 3.63) is 48.5 Å². The van der Waals surface area contributed by atoms with E-state index in [2.05, 4.69) is 7.05 Å². The summed E-state index contributed by atoms with van der Waals surface area (Å²) in [6, 6.07) is 7.93. The maximum absolute atomic E-state index is 11.9. The molecule has 0 saturated heterocycles. The highest BCUT2D eigenvalue weighted by molar-refractivity contribution is 6.26. The van der Waals surface area contributed by atoms with E-state index in [-0.39, 0.29) is 5.75 Å². The molecule has 0 aliphatic carbocycles. The van der Waals surface area contributed by atoms with Crippen LogP contribution in [0.1, 0.15) is 20.7 Å². The van der Waals surface area contributed by atoms with Crippen molar-refractivity contribution in [1.29, 1.82) is 0 Å². The highest BCUT2D eigenvalue weighted by Gasteiger charge is 2.30. The van der Waals surface area contributed by atoms with Gasteiger partial charge in [0, 0.05) is 28.9 Å². The first-order valence-electron chi connectivity index (χ1n) is 5.05. The van der Waals surface area contributed by atoms with Crippen molar-refractivity contribution in [1.82, 2.24) is 4.90 Å². The topological polar surface area (TPSA) is 57.6 Å². The van der Waals surface area contributed by atoms with Crippen LogP contribution in [0.3, 0.4) is 0 Å². The summed E-state index contributed by atoms with van der Waals surface area (Å²) in [5.41, 5.74) is 0.783. The summed E-state index contributed by atoms with van der Waals surface area (Å²) >= 11 is 0. The highest BCUT2D eigenvalue weighted by atomic mass is 16.3. The zero-order chi connectivity index (χ0) is 12.2. The fourth-order valence-corrected chi connectivity index (χ4v) is 2.13. The van der Waals surface area contributed by atoms with Gasteiger partial charge in [-0.2, -0.15) is 0 Å². The second kappa shape index (κ2) is 3.07. The van der Waals surface area contributed by atoms with Gasteiger partial charge in [-0.05, 0) is 18.2 Å². The second-order valence-electron chi connectivity index (χ2n) is 3.90. The number of phenolic OH excluding ortho intramolecular Hbond substituents is 1. The van der Waals surface area contributed by atoms with E-state index in [1.165, 1.54) is 12.1 Å². The fraction of sp³-hybridized carbons (Fsp3) is 0. The van der Waals surface area contributed by atoms with Crippen molar-refractivity contribution in [3.63, 3.8) is 0 Å². The van der Waals surface area contributed by atoms with Crippen LogP contribution in [-0.2, 0) is 0 Å². The van der Waals surface area contributed by atoms with E-state index in [1.807, 2.05) is 0 Å². The van der Waals surface area contributed by atoms with Crippen LogP contribution in [0.2, 0.25) is 0 Å². The predicted molar refractivity (Wildman–Crippen MR) is 61.5 cm³/mol. The minimum Gasteiger partial charge on any atom is -0.507 e.